The molecule has 0 radical (unpaired) electrons. The van der Waals surface area contributed by atoms with E-state index in [0.717, 1.165) is 0 Å². The molecular formula is C10H17FN2O3S. The van der Waals surface area contributed by atoms with Gasteiger partial charge < -0.3 is 20.3 Å². The van der Waals surface area contributed by atoms with Crippen molar-refractivity contribution in [1.82, 2.24) is 5.32 Å². The molecule has 17 heavy (non-hydrogen) atoms. The van der Waals surface area contributed by atoms with E-state index in [1.54, 1.807) is 14.0 Å². The van der Waals surface area contributed by atoms with Gasteiger partial charge in [-0.1, -0.05) is 18.7 Å². The molecule has 2 aliphatic heterocycles. The molecule has 0 spiro atoms. The zero-order valence-electron chi connectivity index (χ0n) is 9.71. The third-order valence-corrected chi connectivity index (χ3v) is 4.27. The van der Waals surface area contributed by atoms with Crippen LogP contribution >= 0.6 is 11.8 Å². The molecule has 0 bridgehead atoms. The number of ether oxygens (including phenoxy) is 1. The summed E-state index contributed by atoms with van der Waals surface area (Å²) in [5, 5.41) is 23.0. The molecule has 0 aliphatic carbocycles. The fourth-order valence-electron chi connectivity index (χ4n) is 2.07. The highest BCUT2D eigenvalue weighted by molar-refractivity contribution is 8.14. The second-order valence-corrected chi connectivity index (χ2v) is 5.28. The Bertz CT molecular complexity index is 318. The number of fused-ring (bicyclic) bond motifs is 1. The number of thioether (sulfide) groups is 1. The molecule has 0 unspecified atom stereocenters. The fourth-order valence-corrected chi connectivity index (χ4v) is 3.15. The lowest BCUT2D eigenvalue weighted by atomic mass is 9.95. The van der Waals surface area contributed by atoms with Crippen LogP contribution in [0.15, 0.2) is 4.99 Å². The van der Waals surface area contributed by atoms with Crippen molar-refractivity contribution in [1.29, 1.82) is 0 Å². The second kappa shape index (κ2) is 5.09. The van der Waals surface area contributed by atoms with Gasteiger partial charge in [0.1, 0.15) is 17.6 Å². The standard InChI is InChI=1S/C10H17FN2O3S/c1-3-4(14)8-7(15)5(11)6-9(16-8)17-10(12-2)13-6/h4-9,14-15H,3H2,1-2H3,(H,12,13)/t4-,5-,6+,7-,8+,9+/m0/s1. The summed E-state index contributed by atoms with van der Waals surface area (Å²) < 4.78 is 19.6. The quantitative estimate of drug-likeness (QED) is 0.648. The third-order valence-electron chi connectivity index (χ3n) is 3.11. The smallest absolute Gasteiger partial charge is 0.159 e. The molecular weight excluding hydrogens is 247 g/mol. The predicted molar refractivity (Wildman–Crippen MR) is 63.7 cm³/mol. The lowest BCUT2D eigenvalue weighted by Gasteiger charge is -2.39. The summed E-state index contributed by atoms with van der Waals surface area (Å²) in [5.41, 5.74) is -0.446. The van der Waals surface area contributed by atoms with Gasteiger partial charge in [0.2, 0.25) is 0 Å². The van der Waals surface area contributed by atoms with Gasteiger partial charge in [-0.2, -0.15) is 0 Å². The zero-order valence-corrected chi connectivity index (χ0v) is 10.5. The van der Waals surface area contributed by atoms with Gasteiger partial charge in [-0.3, -0.25) is 4.99 Å². The van der Waals surface area contributed by atoms with Gasteiger partial charge in [-0.15, -0.1) is 0 Å². The van der Waals surface area contributed by atoms with Crippen molar-refractivity contribution in [3.05, 3.63) is 0 Å². The molecule has 2 rings (SSSR count). The molecule has 2 heterocycles. The lowest BCUT2D eigenvalue weighted by Crippen LogP contribution is -2.59. The van der Waals surface area contributed by atoms with Crippen molar-refractivity contribution >= 4 is 16.9 Å². The molecule has 0 saturated carbocycles. The van der Waals surface area contributed by atoms with Crippen LogP contribution in [0.25, 0.3) is 0 Å². The van der Waals surface area contributed by atoms with Gasteiger partial charge in [0.15, 0.2) is 11.3 Å². The molecule has 6 atom stereocenters. The summed E-state index contributed by atoms with van der Waals surface area (Å²) in [4.78, 5) is 3.94. The number of nitrogens with zero attached hydrogens (tertiary/aromatic N) is 1. The fraction of sp³-hybridized carbons (Fsp3) is 0.900. The number of halogens is 1. The average Bonchev–Trinajstić information content (AvgIpc) is 2.76. The SMILES string of the molecule is CC[C@H](O)[C@H]1O[C@@H]2SC(=NC)N[C@@H]2[C@H](F)[C@@H]1O. The van der Waals surface area contributed by atoms with Crippen LogP contribution in [-0.4, -0.2) is 58.4 Å². The number of aliphatic hydroxyl groups is 2. The molecule has 5 nitrogen and oxygen atoms in total. The highest BCUT2D eigenvalue weighted by Crippen LogP contribution is 2.36. The molecule has 98 valence electrons. The molecule has 2 fully saturated rings. The van der Waals surface area contributed by atoms with Crippen LogP contribution in [0.1, 0.15) is 13.3 Å². The first-order chi connectivity index (χ1) is 8.08. The van der Waals surface area contributed by atoms with E-state index in [4.69, 9.17) is 4.74 Å². The Morgan fingerprint density at radius 1 is 1.65 bits per heavy atom. The average molecular weight is 264 g/mol. The van der Waals surface area contributed by atoms with Gasteiger partial charge in [0.05, 0.1) is 12.1 Å². The third kappa shape index (κ3) is 2.29. The van der Waals surface area contributed by atoms with Gasteiger partial charge in [-0.25, -0.2) is 4.39 Å². The summed E-state index contributed by atoms with van der Waals surface area (Å²) in [6.45, 7) is 1.76. The predicted octanol–water partition coefficient (Wildman–Crippen LogP) is -0.128. The highest BCUT2D eigenvalue weighted by atomic mass is 32.2. The maximum absolute atomic E-state index is 14.0. The minimum absolute atomic E-state index is 0.415. The second-order valence-electron chi connectivity index (χ2n) is 4.20. The molecule has 2 saturated heterocycles. The molecule has 0 aromatic carbocycles. The molecule has 2 aliphatic rings. The van der Waals surface area contributed by atoms with Crippen LogP contribution < -0.4 is 5.32 Å². The maximum atomic E-state index is 14.0. The Labute approximate surface area is 103 Å². The number of amidine groups is 1. The number of nitrogens with one attached hydrogen (secondary N) is 1. The first-order valence-electron chi connectivity index (χ1n) is 5.64. The highest BCUT2D eigenvalue weighted by Gasteiger charge is 2.51. The lowest BCUT2D eigenvalue weighted by molar-refractivity contribution is -0.171. The normalized spacial score (nSPS) is 45.5. The largest absolute Gasteiger partial charge is 0.390 e. The number of aliphatic hydroxyl groups excluding tert-OH is 2. The van der Waals surface area contributed by atoms with Gasteiger partial charge >= 0.3 is 0 Å². The Morgan fingerprint density at radius 3 is 2.94 bits per heavy atom. The molecule has 3 N–H and O–H groups in total. The van der Waals surface area contributed by atoms with Crippen molar-refractivity contribution in [2.75, 3.05) is 7.05 Å². The summed E-state index contributed by atoms with van der Waals surface area (Å²) in [5.74, 6) is 0. The first-order valence-corrected chi connectivity index (χ1v) is 6.52. The van der Waals surface area contributed by atoms with E-state index < -0.39 is 36.0 Å². The van der Waals surface area contributed by atoms with Crippen LogP contribution in [0.2, 0.25) is 0 Å². The Hall–Kier alpha value is -0.370. The van der Waals surface area contributed by atoms with Crippen molar-refractivity contribution < 1.29 is 19.3 Å². The van der Waals surface area contributed by atoms with E-state index in [2.05, 4.69) is 10.3 Å². The van der Waals surface area contributed by atoms with E-state index in [9.17, 15) is 14.6 Å². The Morgan fingerprint density at radius 2 is 2.35 bits per heavy atom. The van der Waals surface area contributed by atoms with Gasteiger partial charge in [-0.05, 0) is 6.42 Å². The Balaban J connectivity index is 2.13. The first kappa shape index (κ1) is 13.1. The minimum atomic E-state index is -1.47. The monoisotopic (exact) mass is 264 g/mol. The molecule has 0 aromatic heterocycles. The number of hydrogen-bond donors (Lipinski definition) is 3. The molecule has 0 amide bonds. The number of hydrogen-bond acceptors (Lipinski definition) is 5. The van der Waals surface area contributed by atoms with Crippen LogP contribution in [0, 0.1) is 0 Å². The van der Waals surface area contributed by atoms with Crippen molar-refractivity contribution in [2.24, 2.45) is 4.99 Å². The van der Waals surface area contributed by atoms with E-state index in [1.165, 1.54) is 11.8 Å². The molecule has 0 aromatic rings. The van der Waals surface area contributed by atoms with Crippen LogP contribution in [0.3, 0.4) is 0 Å². The van der Waals surface area contributed by atoms with Crippen molar-refractivity contribution in [3.63, 3.8) is 0 Å². The minimum Gasteiger partial charge on any atom is -0.390 e. The topological polar surface area (TPSA) is 74.1 Å². The summed E-state index contributed by atoms with van der Waals surface area (Å²) in [7, 11) is 1.61. The van der Waals surface area contributed by atoms with Crippen LogP contribution in [-0.2, 0) is 4.74 Å². The van der Waals surface area contributed by atoms with Crippen LogP contribution in [0.4, 0.5) is 4.39 Å². The number of alkyl halides is 1. The Kier molecular flexibility index (Phi) is 3.92. The number of rotatable bonds is 2. The van der Waals surface area contributed by atoms with E-state index in [1.807, 2.05) is 0 Å². The van der Waals surface area contributed by atoms with E-state index >= 15 is 0 Å². The molecule has 7 heteroatoms. The van der Waals surface area contributed by atoms with E-state index in [-0.39, 0.29) is 0 Å². The van der Waals surface area contributed by atoms with Crippen molar-refractivity contribution in [3.8, 4) is 0 Å². The summed E-state index contributed by atoms with van der Waals surface area (Å²) in [6, 6.07) is -0.603. The number of aliphatic imine (C=N–C) groups is 1. The van der Waals surface area contributed by atoms with Gasteiger partial charge in [0.25, 0.3) is 0 Å². The summed E-state index contributed by atoms with van der Waals surface area (Å²) in [6.07, 6.45) is -4.09. The summed E-state index contributed by atoms with van der Waals surface area (Å²) >= 11 is 1.29. The zero-order chi connectivity index (χ0) is 12.6. The van der Waals surface area contributed by atoms with Crippen molar-refractivity contribution in [2.45, 2.75) is 49.3 Å². The van der Waals surface area contributed by atoms with E-state index in [0.29, 0.717) is 11.6 Å². The van der Waals surface area contributed by atoms with Crippen LogP contribution in [0.5, 0.6) is 0 Å². The maximum Gasteiger partial charge on any atom is 0.159 e. The van der Waals surface area contributed by atoms with Gasteiger partial charge in [0, 0.05) is 7.05 Å².